The molecule has 0 radical (unpaired) electrons. The van der Waals surface area contributed by atoms with Crippen molar-refractivity contribution in [1.82, 2.24) is 24.7 Å². The van der Waals surface area contributed by atoms with Crippen LogP contribution in [0.5, 0.6) is 0 Å². The molecular formula is C25H37N7O2. The Kier molecular flexibility index (Phi) is 7.97. The highest BCUT2D eigenvalue weighted by Gasteiger charge is 2.28. The molecule has 2 aliphatic rings. The summed E-state index contributed by atoms with van der Waals surface area (Å²) in [5.74, 6) is 0.992. The number of carbonyl (C=O) groups excluding carboxylic acids is 1. The zero-order chi connectivity index (χ0) is 24.1. The topological polar surface area (TPSA) is 109 Å². The first-order valence-electron chi connectivity index (χ1n) is 12.4. The van der Waals surface area contributed by atoms with Crippen molar-refractivity contribution in [2.75, 3.05) is 44.6 Å². The van der Waals surface area contributed by atoms with Crippen molar-refractivity contribution in [3.63, 3.8) is 0 Å². The number of nitrogens with zero attached hydrogens (tertiary/aromatic N) is 4. The highest BCUT2D eigenvalue weighted by molar-refractivity contribution is 5.88. The van der Waals surface area contributed by atoms with Gasteiger partial charge in [-0.25, -0.2) is 9.59 Å². The predicted octanol–water partition coefficient (Wildman–Crippen LogP) is 1.66. The molecule has 34 heavy (non-hydrogen) atoms. The van der Waals surface area contributed by atoms with Crippen LogP contribution in [0, 0.1) is 5.92 Å². The van der Waals surface area contributed by atoms with Gasteiger partial charge in [0.15, 0.2) is 0 Å². The molecule has 2 fully saturated rings. The number of likely N-dealkylation sites (N-methyl/N-ethyl adjacent to an activating group) is 1. The molecule has 9 heteroatoms. The minimum atomic E-state index is -0.421. The van der Waals surface area contributed by atoms with Crippen molar-refractivity contribution in [1.29, 1.82) is 0 Å². The summed E-state index contributed by atoms with van der Waals surface area (Å²) in [7, 11) is 0. The smallest absolute Gasteiger partial charge is 0.328 e. The number of nitrogens with two attached hydrogens (primary N) is 1. The van der Waals surface area contributed by atoms with Gasteiger partial charge >= 0.3 is 11.7 Å². The van der Waals surface area contributed by atoms with E-state index in [1.54, 1.807) is 17.2 Å². The zero-order valence-electron chi connectivity index (χ0n) is 20.2. The van der Waals surface area contributed by atoms with Crippen LogP contribution in [-0.4, -0.2) is 76.7 Å². The molecule has 0 bridgehead atoms. The number of rotatable bonds is 8. The summed E-state index contributed by atoms with van der Waals surface area (Å²) >= 11 is 0. The maximum absolute atomic E-state index is 12.6. The molecule has 184 valence electrons. The van der Waals surface area contributed by atoms with Gasteiger partial charge in [-0.15, -0.1) is 0 Å². The third-order valence-corrected chi connectivity index (χ3v) is 6.98. The summed E-state index contributed by atoms with van der Waals surface area (Å²) in [4.78, 5) is 33.3. The van der Waals surface area contributed by atoms with Crippen molar-refractivity contribution >= 4 is 11.8 Å². The van der Waals surface area contributed by atoms with E-state index >= 15 is 0 Å². The number of benzene rings is 1. The van der Waals surface area contributed by atoms with Gasteiger partial charge in [0.1, 0.15) is 5.82 Å². The first-order valence-corrected chi connectivity index (χ1v) is 12.4. The van der Waals surface area contributed by atoms with E-state index in [9.17, 15) is 9.59 Å². The molecule has 1 saturated heterocycles. The largest absolute Gasteiger partial charge is 0.354 e. The fourth-order valence-electron chi connectivity index (χ4n) is 4.88. The van der Waals surface area contributed by atoms with E-state index in [2.05, 4.69) is 46.5 Å². The van der Waals surface area contributed by atoms with Gasteiger partial charge in [0.05, 0.1) is 5.69 Å². The quantitative estimate of drug-likeness (QED) is 0.545. The summed E-state index contributed by atoms with van der Waals surface area (Å²) < 4.78 is 1.49. The molecule has 1 aliphatic heterocycles. The number of urea groups is 1. The molecule has 1 atom stereocenters. The third-order valence-electron chi connectivity index (χ3n) is 6.98. The van der Waals surface area contributed by atoms with Gasteiger partial charge in [-0.3, -0.25) is 9.88 Å². The number of hydrogen-bond acceptors (Lipinski definition) is 6. The van der Waals surface area contributed by atoms with Gasteiger partial charge in [-0.2, -0.15) is 4.98 Å². The van der Waals surface area contributed by atoms with Crippen LogP contribution < -0.4 is 22.1 Å². The predicted molar refractivity (Wildman–Crippen MR) is 134 cm³/mol. The minimum absolute atomic E-state index is 0.231. The Morgan fingerprint density at radius 2 is 1.94 bits per heavy atom. The lowest BCUT2D eigenvalue weighted by Crippen LogP contribution is -2.48. The van der Waals surface area contributed by atoms with E-state index in [0.29, 0.717) is 25.2 Å². The molecule has 1 saturated carbocycles. The van der Waals surface area contributed by atoms with Gasteiger partial charge in [0.25, 0.3) is 0 Å². The average Bonchev–Trinajstić information content (AvgIpc) is 2.82. The fraction of sp³-hybridized carbons (Fsp3) is 0.560. The molecule has 1 aromatic heterocycles. The molecule has 2 aromatic rings. The minimum Gasteiger partial charge on any atom is -0.328 e. The molecule has 1 aromatic carbocycles. The van der Waals surface area contributed by atoms with Crippen LogP contribution >= 0.6 is 0 Å². The Labute approximate surface area is 201 Å². The molecular weight excluding hydrogens is 430 g/mol. The standard InChI is InChI=1S/C25H37N7O2/c1-3-30(17-20-15-21(26)16-20)18(2)14-19-4-6-22(7-5-19)32-11-8-23(29-25(32)34)28-24(33)31-12-9-27-10-13-31/h4-8,11,18,20-21,27H,3,9-10,12-17,26H2,1-2H3,(H,28,29,33,34)/t18?,20-,21+. The van der Waals surface area contributed by atoms with E-state index < -0.39 is 5.69 Å². The van der Waals surface area contributed by atoms with E-state index in [0.717, 1.165) is 57.0 Å². The van der Waals surface area contributed by atoms with Crippen molar-refractivity contribution < 1.29 is 4.79 Å². The van der Waals surface area contributed by atoms with Gasteiger partial charge in [0, 0.05) is 51.0 Å². The van der Waals surface area contributed by atoms with Crippen molar-refractivity contribution in [2.24, 2.45) is 11.7 Å². The second-order valence-corrected chi connectivity index (χ2v) is 9.54. The molecule has 1 unspecified atom stereocenters. The second-order valence-electron chi connectivity index (χ2n) is 9.54. The van der Waals surface area contributed by atoms with Crippen LogP contribution in [0.1, 0.15) is 32.3 Å². The molecule has 2 amide bonds. The molecule has 4 rings (SSSR count). The van der Waals surface area contributed by atoms with E-state index in [4.69, 9.17) is 5.73 Å². The molecule has 0 spiro atoms. The monoisotopic (exact) mass is 467 g/mol. The Hall–Kier alpha value is -2.75. The average molecular weight is 468 g/mol. The molecule has 4 N–H and O–H groups in total. The lowest BCUT2D eigenvalue weighted by atomic mass is 9.80. The highest BCUT2D eigenvalue weighted by Crippen LogP contribution is 2.27. The first-order chi connectivity index (χ1) is 16.4. The summed E-state index contributed by atoms with van der Waals surface area (Å²) in [5, 5.41) is 5.93. The third kappa shape index (κ3) is 6.02. The second kappa shape index (κ2) is 11.1. The van der Waals surface area contributed by atoms with E-state index in [1.807, 2.05) is 12.1 Å². The van der Waals surface area contributed by atoms with Crippen molar-refractivity contribution in [2.45, 2.75) is 45.2 Å². The SMILES string of the molecule is CCN(C[C@H]1C[C@@H](N)C1)C(C)Cc1ccc(-n2ccc(NC(=O)N3CCNCC3)nc2=O)cc1. The van der Waals surface area contributed by atoms with Crippen LogP contribution in [0.2, 0.25) is 0 Å². The van der Waals surface area contributed by atoms with Crippen molar-refractivity contribution in [3.8, 4) is 5.69 Å². The van der Waals surface area contributed by atoms with Crippen LogP contribution in [0.3, 0.4) is 0 Å². The number of amides is 2. The number of nitrogens with one attached hydrogen (secondary N) is 2. The van der Waals surface area contributed by atoms with E-state index in [1.165, 1.54) is 10.1 Å². The normalized spacial score (nSPS) is 21.2. The molecule has 1 aliphatic carbocycles. The van der Waals surface area contributed by atoms with Crippen LogP contribution in [0.15, 0.2) is 41.3 Å². The highest BCUT2D eigenvalue weighted by atomic mass is 16.2. The van der Waals surface area contributed by atoms with Crippen molar-refractivity contribution in [3.05, 3.63) is 52.6 Å². The number of aromatic nitrogens is 2. The lowest BCUT2D eigenvalue weighted by Gasteiger charge is -2.38. The maximum atomic E-state index is 12.6. The van der Waals surface area contributed by atoms with Gasteiger partial charge in [-0.1, -0.05) is 19.1 Å². The number of hydrogen-bond donors (Lipinski definition) is 3. The van der Waals surface area contributed by atoms with Crippen LogP contribution in [0.4, 0.5) is 10.6 Å². The Balaban J connectivity index is 1.35. The Bertz CT molecular complexity index is 1010. The first kappa shape index (κ1) is 24.4. The number of carbonyl (C=O) groups is 1. The Morgan fingerprint density at radius 1 is 1.24 bits per heavy atom. The lowest BCUT2D eigenvalue weighted by molar-refractivity contribution is 0.132. The van der Waals surface area contributed by atoms with Gasteiger partial charge < -0.3 is 20.9 Å². The maximum Gasteiger partial charge on any atom is 0.354 e. The number of anilines is 1. The summed E-state index contributed by atoms with van der Waals surface area (Å²) in [5.41, 5.74) is 7.52. The molecule has 9 nitrogen and oxygen atoms in total. The zero-order valence-corrected chi connectivity index (χ0v) is 20.2. The van der Waals surface area contributed by atoms with E-state index in [-0.39, 0.29) is 11.8 Å². The number of piperazine rings is 1. The summed E-state index contributed by atoms with van der Waals surface area (Å²) in [6.07, 6.45) is 4.89. The summed E-state index contributed by atoms with van der Waals surface area (Å²) in [6.45, 7) is 9.44. The fourth-order valence-corrected chi connectivity index (χ4v) is 4.88. The van der Waals surface area contributed by atoms with Gasteiger partial charge in [0.2, 0.25) is 0 Å². The molecule has 2 heterocycles. The Morgan fingerprint density at radius 3 is 2.56 bits per heavy atom. The van der Waals surface area contributed by atoms with Gasteiger partial charge in [-0.05, 0) is 62.4 Å². The summed E-state index contributed by atoms with van der Waals surface area (Å²) in [6, 6.07) is 10.3. The van der Waals surface area contributed by atoms with Crippen LogP contribution in [0.25, 0.3) is 5.69 Å². The van der Waals surface area contributed by atoms with Crippen LogP contribution in [-0.2, 0) is 6.42 Å².